The van der Waals surface area contributed by atoms with Crippen LogP contribution < -0.4 is 5.73 Å². The highest BCUT2D eigenvalue weighted by Gasteiger charge is 2.35. The zero-order chi connectivity index (χ0) is 6.20. The van der Waals surface area contributed by atoms with Crippen LogP contribution in [-0.4, -0.2) is 11.7 Å². The lowest BCUT2D eigenvalue weighted by Crippen LogP contribution is -2.36. The second kappa shape index (κ2) is 1.69. The zero-order valence-electron chi connectivity index (χ0n) is 5.15. The highest BCUT2D eigenvalue weighted by Crippen LogP contribution is 2.31. The van der Waals surface area contributed by atoms with Crippen LogP contribution in [0.15, 0.2) is 0 Å². The van der Waals surface area contributed by atoms with Gasteiger partial charge < -0.3 is 5.73 Å². The number of nitrogens with two attached hydrogens (primary N) is 1. The summed E-state index contributed by atoms with van der Waals surface area (Å²) in [5, 5.41) is 0. The van der Waals surface area contributed by atoms with E-state index >= 15 is 0 Å². The first-order chi connectivity index (χ1) is 3.63. The zero-order valence-corrected chi connectivity index (χ0v) is 5.15. The molecule has 2 heteroatoms. The van der Waals surface area contributed by atoms with Gasteiger partial charge in [0, 0.05) is 6.04 Å². The minimum Gasteiger partial charge on any atom is -0.325 e. The first-order valence-corrected chi connectivity index (χ1v) is 3.07. The van der Waals surface area contributed by atoms with Gasteiger partial charge in [0.15, 0.2) is 0 Å². The van der Waals surface area contributed by atoms with E-state index in [9.17, 15) is 4.39 Å². The van der Waals surface area contributed by atoms with Crippen LogP contribution in [0.4, 0.5) is 4.39 Å². The number of hydrogen-bond donors (Lipinski definition) is 1. The Morgan fingerprint density at radius 3 is 2.50 bits per heavy atom. The average Bonchev–Trinajstić information content (AvgIpc) is 1.86. The van der Waals surface area contributed by atoms with Gasteiger partial charge in [-0.1, -0.05) is 0 Å². The standard InChI is InChI=1S/C6H12FN/c1-6(7)4-2-3-5(6)8/h5H,2-4,8H2,1H3/t5-,6+/m0/s1. The van der Waals surface area contributed by atoms with E-state index in [1.807, 2.05) is 0 Å². The third-order valence-corrected chi connectivity index (χ3v) is 1.95. The van der Waals surface area contributed by atoms with Gasteiger partial charge in [-0.3, -0.25) is 0 Å². The predicted octanol–water partition coefficient (Wildman–Crippen LogP) is 1.23. The van der Waals surface area contributed by atoms with Gasteiger partial charge in [0.05, 0.1) is 0 Å². The molecule has 0 aliphatic heterocycles. The van der Waals surface area contributed by atoms with Gasteiger partial charge in [0.1, 0.15) is 5.67 Å². The molecular formula is C6H12FN. The van der Waals surface area contributed by atoms with Crippen LogP contribution in [0.5, 0.6) is 0 Å². The number of alkyl halides is 1. The van der Waals surface area contributed by atoms with Crippen molar-refractivity contribution >= 4 is 0 Å². The van der Waals surface area contributed by atoms with E-state index < -0.39 is 5.67 Å². The van der Waals surface area contributed by atoms with Crippen molar-refractivity contribution in [3.63, 3.8) is 0 Å². The summed E-state index contributed by atoms with van der Waals surface area (Å²) in [4.78, 5) is 0. The highest BCUT2D eigenvalue weighted by atomic mass is 19.1. The highest BCUT2D eigenvalue weighted by molar-refractivity contribution is 4.91. The van der Waals surface area contributed by atoms with Gasteiger partial charge >= 0.3 is 0 Å². The summed E-state index contributed by atoms with van der Waals surface area (Å²) >= 11 is 0. The first-order valence-electron chi connectivity index (χ1n) is 3.07. The number of hydrogen-bond acceptors (Lipinski definition) is 1. The Balaban J connectivity index is 2.54. The molecule has 0 radical (unpaired) electrons. The molecule has 8 heavy (non-hydrogen) atoms. The fraction of sp³-hybridized carbons (Fsp3) is 1.00. The fourth-order valence-electron chi connectivity index (χ4n) is 1.15. The molecular weight excluding hydrogens is 105 g/mol. The Kier molecular flexibility index (Phi) is 1.27. The summed E-state index contributed by atoms with van der Waals surface area (Å²) in [6, 6.07) is -0.206. The van der Waals surface area contributed by atoms with Gasteiger partial charge in [-0.2, -0.15) is 0 Å². The Labute approximate surface area is 49.1 Å². The molecule has 1 aliphatic rings. The summed E-state index contributed by atoms with van der Waals surface area (Å²) < 4.78 is 12.9. The molecule has 0 saturated heterocycles. The number of halogens is 1. The first kappa shape index (κ1) is 6.02. The van der Waals surface area contributed by atoms with Gasteiger partial charge in [-0.25, -0.2) is 4.39 Å². The topological polar surface area (TPSA) is 26.0 Å². The number of rotatable bonds is 0. The molecule has 0 heterocycles. The van der Waals surface area contributed by atoms with Gasteiger partial charge in [0.25, 0.3) is 0 Å². The Bertz CT molecular complexity index is 90.5. The van der Waals surface area contributed by atoms with E-state index in [4.69, 9.17) is 5.73 Å². The van der Waals surface area contributed by atoms with Crippen molar-refractivity contribution in [3.8, 4) is 0 Å². The smallest absolute Gasteiger partial charge is 0.123 e. The van der Waals surface area contributed by atoms with E-state index in [0.717, 1.165) is 12.8 Å². The van der Waals surface area contributed by atoms with Crippen LogP contribution >= 0.6 is 0 Å². The fourth-order valence-corrected chi connectivity index (χ4v) is 1.15. The second-order valence-corrected chi connectivity index (χ2v) is 2.78. The minimum absolute atomic E-state index is 0.206. The van der Waals surface area contributed by atoms with Crippen LogP contribution in [0.3, 0.4) is 0 Å². The van der Waals surface area contributed by atoms with Crippen molar-refractivity contribution in [2.75, 3.05) is 0 Å². The molecule has 0 aromatic heterocycles. The minimum atomic E-state index is -1.07. The molecule has 0 unspecified atom stereocenters. The Morgan fingerprint density at radius 2 is 2.38 bits per heavy atom. The summed E-state index contributed by atoms with van der Waals surface area (Å²) in [5.41, 5.74) is 4.37. The lowest BCUT2D eigenvalue weighted by atomic mass is 10.0. The summed E-state index contributed by atoms with van der Waals surface area (Å²) in [7, 11) is 0. The lowest BCUT2D eigenvalue weighted by molar-refractivity contribution is 0.175. The van der Waals surface area contributed by atoms with E-state index in [-0.39, 0.29) is 6.04 Å². The molecule has 1 aliphatic carbocycles. The summed E-state index contributed by atoms with van der Waals surface area (Å²) in [6.07, 6.45) is 2.45. The van der Waals surface area contributed by atoms with Crippen LogP contribution in [-0.2, 0) is 0 Å². The molecule has 2 atom stereocenters. The third-order valence-electron chi connectivity index (χ3n) is 1.95. The molecule has 2 N–H and O–H groups in total. The van der Waals surface area contributed by atoms with Crippen molar-refractivity contribution in [2.45, 2.75) is 37.9 Å². The van der Waals surface area contributed by atoms with Crippen LogP contribution in [0.2, 0.25) is 0 Å². The van der Waals surface area contributed by atoms with Crippen LogP contribution in [0, 0.1) is 0 Å². The molecule has 0 aromatic rings. The molecule has 1 fully saturated rings. The predicted molar refractivity (Wildman–Crippen MR) is 31.3 cm³/mol. The third kappa shape index (κ3) is 0.848. The maximum atomic E-state index is 12.9. The largest absolute Gasteiger partial charge is 0.325 e. The molecule has 0 bridgehead atoms. The van der Waals surface area contributed by atoms with Crippen molar-refractivity contribution in [2.24, 2.45) is 5.73 Å². The Morgan fingerprint density at radius 1 is 1.75 bits per heavy atom. The van der Waals surface area contributed by atoms with Crippen molar-refractivity contribution in [1.29, 1.82) is 0 Å². The maximum Gasteiger partial charge on any atom is 0.123 e. The van der Waals surface area contributed by atoms with Crippen LogP contribution in [0.1, 0.15) is 26.2 Å². The summed E-state index contributed by atoms with van der Waals surface area (Å²) in [6.45, 7) is 1.59. The lowest BCUT2D eigenvalue weighted by Gasteiger charge is -2.17. The molecule has 0 spiro atoms. The van der Waals surface area contributed by atoms with Crippen molar-refractivity contribution < 1.29 is 4.39 Å². The summed E-state index contributed by atoms with van der Waals surface area (Å²) in [5.74, 6) is 0. The molecule has 1 rings (SSSR count). The quantitative estimate of drug-likeness (QED) is 0.507. The normalized spacial score (nSPS) is 47.6. The molecule has 1 nitrogen and oxygen atoms in total. The van der Waals surface area contributed by atoms with E-state index in [2.05, 4.69) is 0 Å². The van der Waals surface area contributed by atoms with Crippen LogP contribution in [0.25, 0.3) is 0 Å². The molecule has 1 saturated carbocycles. The molecule has 0 aromatic carbocycles. The van der Waals surface area contributed by atoms with E-state index in [1.165, 1.54) is 0 Å². The van der Waals surface area contributed by atoms with Crippen molar-refractivity contribution in [1.82, 2.24) is 0 Å². The maximum absolute atomic E-state index is 12.9. The van der Waals surface area contributed by atoms with E-state index in [1.54, 1.807) is 6.92 Å². The van der Waals surface area contributed by atoms with Gasteiger partial charge in [-0.15, -0.1) is 0 Å². The second-order valence-electron chi connectivity index (χ2n) is 2.78. The van der Waals surface area contributed by atoms with Gasteiger partial charge in [-0.05, 0) is 26.2 Å². The Hall–Kier alpha value is -0.110. The SMILES string of the molecule is C[C@@]1(F)CCC[C@@H]1N. The molecule has 48 valence electrons. The molecule has 0 amide bonds. The van der Waals surface area contributed by atoms with Gasteiger partial charge in [0.2, 0.25) is 0 Å². The van der Waals surface area contributed by atoms with Crippen molar-refractivity contribution in [3.05, 3.63) is 0 Å². The monoisotopic (exact) mass is 117 g/mol. The average molecular weight is 117 g/mol. The van der Waals surface area contributed by atoms with E-state index in [0.29, 0.717) is 6.42 Å².